The summed E-state index contributed by atoms with van der Waals surface area (Å²) in [7, 11) is 1.55. The van der Waals surface area contributed by atoms with Gasteiger partial charge in [0.1, 0.15) is 17.2 Å². The summed E-state index contributed by atoms with van der Waals surface area (Å²) in [6.45, 7) is 3.51. The number of nitrogens with one attached hydrogen (secondary N) is 3. The Bertz CT molecular complexity index is 1720. The fraction of sp³-hybridized carbons (Fsp3) is 0.133. The van der Waals surface area contributed by atoms with Crippen molar-refractivity contribution in [3.8, 4) is 34.8 Å². The number of H-pyrrole nitrogens is 1. The quantitative estimate of drug-likeness (QED) is 0.267. The largest absolute Gasteiger partial charge is 0.454 e. The van der Waals surface area contributed by atoms with Crippen molar-refractivity contribution in [2.24, 2.45) is 0 Å². The van der Waals surface area contributed by atoms with Crippen LogP contribution in [0.2, 0.25) is 0 Å². The van der Waals surface area contributed by atoms with Crippen molar-refractivity contribution in [3.05, 3.63) is 83.8 Å². The predicted molar refractivity (Wildman–Crippen MR) is 143 cm³/mol. The van der Waals surface area contributed by atoms with E-state index in [0.29, 0.717) is 33.4 Å². The van der Waals surface area contributed by atoms with Crippen LogP contribution in [-0.4, -0.2) is 29.4 Å². The Hall–Kier alpha value is -4.83. The van der Waals surface area contributed by atoms with Crippen molar-refractivity contribution in [3.63, 3.8) is 0 Å². The molecule has 0 aliphatic rings. The van der Waals surface area contributed by atoms with Crippen LogP contribution in [0.3, 0.4) is 0 Å². The van der Waals surface area contributed by atoms with Crippen molar-refractivity contribution < 1.29 is 18.4 Å². The number of hydrogen-bond donors (Lipinski definition) is 3. The molecule has 2 aromatic heterocycles. The molecule has 0 unspecified atom stereocenters. The first kappa shape index (κ1) is 23.9. The molecule has 0 atom stereocenters. The van der Waals surface area contributed by atoms with Gasteiger partial charge in [0.05, 0.1) is 16.6 Å². The van der Waals surface area contributed by atoms with Gasteiger partial charge in [-0.05, 0) is 67.9 Å². The molecule has 5 aromatic rings. The summed E-state index contributed by atoms with van der Waals surface area (Å²) in [6, 6.07) is 16.7. The minimum Gasteiger partial charge on any atom is -0.454 e. The Balaban J connectivity index is 1.73. The van der Waals surface area contributed by atoms with Gasteiger partial charge in [0.25, 0.3) is 11.8 Å². The van der Waals surface area contributed by atoms with Gasteiger partial charge in [-0.1, -0.05) is 18.1 Å². The van der Waals surface area contributed by atoms with E-state index in [1.165, 1.54) is 12.1 Å². The van der Waals surface area contributed by atoms with E-state index in [-0.39, 0.29) is 17.6 Å². The lowest BCUT2D eigenvalue weighted by molar-refractivity contribution is 0.0928. The lowest BCUT2D eigenvalue weighted by Gasteiger charge is -2.19. The maximum atomic E-state index is 13.6. The van der Waals surface area contributed by atoms with E-state index >= 15 is 0 Å². The number of carbonyl (C=O) groups is 2. The topological polar surface area (TPSA) is 87.1 Å². The van der Waals surface area contributed by atoms with E-state index < -0.39 is 5.54 Å². The van der Waals surface area contributed by atoms with Gasteiger partial charge in [0, 0.05) is 40.7 Å². The number of benzene rings is 3. The van der Waals surface area contributed by atoms with Gasteiger partial charge < -0.3 is 20.0 Å². The van der Waals surface area contributed by atoms with Crippen molar-refractivity contribution >= 4 is 33.7 Å². The maximum absolute atomic E-state index is 13.6. The molecule has 0 radical (unpaired) electrons. The number of aromatic amines is 1. The molecular weight excluding hydrogens is 469 g/mol. The fourth-order valence-corrected chi connectivity index (χ4v) is 4.38. The number of hydrogen-bond acceptors (Lipinski definition) is 3. The first-order valence-electron chi connectivity index (χ1n) is 11.7. The molecule has 184 valence electrons. The number of carbonyl (C=O) groups excluding carboxylic acids is 2. The zero-order valence-corrected chi connectivity index (χ0v) is 20.5. The molecule has 3 aromatic carbocycles. The predicted octanol–water partition coefficient (Wildman–Crippen LogP) is 5.89. The molecule has 0 bridgehead atoms. The lowest BCUT2D eigenvalue weighted by atomic mass is 9.96. The lowest BCUT2D eigenvalue weighted by Crippen LogP contribution is -2.42. The van der Waals surface area contributed by atoms with Crippen LogP contribution in [-0.2, 0) is 0 Å². The average Bonchev–Trinajstić information content (AvgIpc) is 3.53. The van der Waals surface area contributed by atoms with Gasteiger partial charge in [-0.2, -0.15) is 0 Å². The van der Waals surface area contributed by atoms with Crippen LogP contribution in [0.5, 0.6) is 0 Å². The van der Waals surface area contributed by atoms with E-state index in [9.17, 15) is 14.0 Å². The molecule has 3 N–H and O–H groups in total. The first-order valence-corrected chi connectivity index (χ1v) is 11.7. The summed E-state index contributed by atoms with van der Waals surface area (Å²) in [4.78, 5) is 29.2. The van der Waals surface area contributed by atoms with Gasteiger partial charge in [-0.15, -0.1) is 6.42 Å². The summed E-state index contributed by atoms with van der Waals surface area (Å²) in [6.07, 6.45) is 7.32. The normalized spacial score (nSPS) is 11.4. The minimum absolute atomic E-state index is 0.290. The van der Waals surface area contributed by atoms with Crippen LogP contribution in [0.25, 0.3) is 44.3 Å². The maximum Gasteiger partial charge on any atom is 0.255 e. The van der Waals surface area contributed by atoms with Gasteiger partial charge in [0.15, 0.2) is 0 Å². The summed E-state index contributed by atoms with van der Waals surface area (Å²) in [5, 5.41) is 6.90. The number of furan rings is 1. The molecule has 2 heterocycles. The third-order valence-electron chi connectivity index (χ3n) is 6.28. The number of aromatic nitrogens is 1. The summed E-state index contributed by atoms with van der Waals surface area (Å²) < 4.78 is 19.8. The SMILES string of the molecule is C#CC(C)(C)NC(=O)c1cccc(-c2cc3c(C(=O)NC)c(-c4ccc(F)cc4)oc3c3cc[nH]c23)c1. The number of fused-ring (bicyclic) bond motifs is 3. The molecule has 0 fully saturated rings. The van der Waals surface area contributed by atoms with Crippen molar-refractivity contribution in [2.75, 3.05) is 7.05 Å². The smallest absolute Gasteiger partial charge is 0.255 e. The molecule has 6 nitrogen and oxygen atoms in total. The fourth-order valence-electron chi connectivity index (χ4n) is 4.38. The summed E-state index contributed by atoms with van der Waals surface area (Å²) in [5.41, 5.74) is 3.46. The van der Waals surface area contributed by atoms with Crippen molar-refractivity contribution in [2.45, 2.75) is 19.4 Å². The highest BCUT2D eigenvalue weighted by Gasteiger charge is 2.25. The molecule has 2 amide bonds. The summed E-state index contributed by atoms with van der Waals surface area (Å²) >= 11 is 0. The van der Waals surface area contributed by atoms with Crippen LogP contribution >= 0.6 is 0 Å². The molecule has 0 saturated carbocycles. The zero-order chi connectivity index (χ0) is 26.3. The van der Waals surface area contributed by atoms with Gasteiger partial charge in [0.2, 0.25) is 0 Å². The molecule has 37 heavy (non-hydrogen) atoms. The molecule has 0 aliphatic heterocycles. The average molecular weight is 494 g/mol. The Morgan fingerprint density at radius 3 is 2.46 bits per heavy atom. The van der Waals surface area contributed by atoms with Crippen LogP contribution in [0.4, 0.5) is 4.39 Å². The van der Waals surface area contributed by atoms with Crippen molar-refractivity contribution in [1.82, 2.24) is 15.6 Å². The first-order chi connectivity index (χ1) is 17.7. The van der Waals surface area contributed by atoms with E-state index in [2.05, 4.69) is 21.5 Å². The standard InChI is InChI=1S/C30H24FN3O3/c1-5-30(2,3)34-28(35)19-8-6-7-18(15-19)22-16-23-24(29(36)32-4)26(17-9-11-20(31)12-10-17)37-27(23)21-13-14-33-25(21)22/h1,6-16,33H,2-4H3,(H,32,36)(H,34,35). The summed E-state index contributed by atoms with van der Waals surface area (Å²) in [5.74, 6) is 1.91. The van der Waals surface area contributed by atoms with Crippen LogP contribution in [0.15, 0.2) is 71.3 Å². The zero-order valence-electron chi connectivity index (χ0n) is 20.5. The highest BCUT2D eigenvalue weighted by atomic mass is 19.1. The van der Waals surface area contributed by atoms with E-state index in [4.69, 9.17) is 10.8 Å². The van der Waals surface area contributed by atoms with E-state index in [1.807, 2.05) is 18.2 Å². The van der Waals surface area contributed by atoms with Crippen molar-refractivity contribution in [1.29, 1.82) is 0 Å². The second-order valence-corrected chi connectivity index (χ2v) is 9.26. The molecule has 0 saturated heterocycles. The highest BCUT2D eigenvalue weighted by molar-refractivity contribution is 6.19. The molecule has 0 spiro atoms. The third kappa shape index (κ3) is 4.23. The van der Waals surface area contributed by atoms with Crippen LogP contribution in [0.1, 0.15) is 34.6 Å². The number of terminal acetylenes is 1. The number of amides is 2. The second-order valence-electron chi connectivity index (χ2n) is 9.26. The van der Waals surface area contributed by atoms with Gasteiger partial charge >= 0.3 is 0 Å². The van der Waals surface area contributed by atoms with E-state index in [0.717, 1.165) is 22.0 Å². The molecule has 0 aliphatic carbocycles. The minimum atomic E-state index is -0.797. The number of rotatable bonds is 5. The molecule has 5 rings (SSSR count). The Morgan fingerprint density at radius 1 is 1.00 bits per heavy atom. The monoisotopic (exact) mass is 493 g/mol. The highest BCUT2D eigenvalue weighted by Crippen LogP contribution is 2.41. The van der Waals surface area contributed by atoms with Gasteiger partial charge in [-0.25, -0.2) is 4.39 Å². The Labute approximate surface area is 212 Å². The number of halogens is 1. The molecule has 7 heteroatoms. The Morgan fingerprint density at radius 2 is 1.76 bits per heavy atom. The third-order valence-corrected chi connectivity index (χ3v) is 6.28. The van der Waals surface area contributed by atoms with Crippen LogP contribution < -0.4 is 10.6 Å². The van der Waals surface area contributed by atoms with Crippen LogP contribution in [0, 0.1) is 18.2 Å². The van der Waals surface area contributed by atoms with Gasteiger partial charge in [-0.3, -0.25) is 9.59 Å². The molecular formula is C30H24FN3O3. The van der Waals surface area contributed by atoms with E-state index in [1.54, 1.807) is 57.4 Å². The second kappa shape index (κ2) is 8.99. The Kier molecular flexibility index (Phi) is 5.81.